The summed E-state index contributed by atoms with van der Waals surface area (Å²) in [6.45, 7) is 2.66. The van der Waals surface area contributed by atoms with Crippen molar-refractivity contribution in [2.75, 3.05) is 6.61 Å². The van der Waals surface area contributed by atoms with Crippen molar-refractivity contribution in [3.63, 3.8) is 0 Å². The SMILES string of the molecule is Cc1ccc(OCCn2cc(C(=O)O)nn2)c(Cl)c1. The minimum absolute atomic E-state index is 0.0895. The van der Waals surface area contributed by atoms with Crippen molar-refractivity contribution < 1.29 is 14.6 Å². The van der Waals surface area contributed by atoms with Gasteiger partial charge in [0.15, 0.2) is 5.69 Å². The van der Waals surface area contributed by atoms with E-state index < -0.39 is 5.97 Å². The van der Waals surface area contributed by atoms with Gasteiger partial charge in [-0.25, -0.2) is 9.48 Å². The summed E-state index contributed by atoms with van der Waals surface area (Å²) in [5.74, 6) is -0.514. The van der Waals surface area contributed by atoms with Gasteiger partial charge in [-0.2, -0.15) is 0 Å². The molecule has 0 atom stereocenters. The van der Waals surface area contributed by atoms with Crippen molar-refractivity contribution in [1.29, 1.82) is 0 Å². The lowest BCUT2D eigenvalue weighted by molar-refractivity contribution is 0.0690. The van der Waals surface area contributed by atoms with Gasteiger partial charge in [-0.3, -0.25) is 0 Å². The molecule has 19 heavy (non-hydrogen) atoms. The zero-order valence-electron chi connectivity index (χ0n) is 10.2. The number of aryl methyl sites for hydroxylation is 1. The zero-order valence-corrected chi connectivity index (χ0v) is 11.0. The maximum absolute atomic E-state index is 10.6. The summed E-state index contributed by atoms with van der Waals surface area (Å²) in [5.41, 5.74) is 0.966. The van der Waals surface area contributed by atoms with E-state index in [0.29, 0.717) is 23.9 Å². The highest BCUT2D eigenvalue weighted by atomic mass is 35.5. The summed E-state index contributed by atoms with van der Waals surface area (Å²) < 4.78 is 6.91. The number of carboxylic acid groups (broad SMARTS) is 1. The number of hydrogen-bond acceptors (Lipinski definition) is 4. The monoisotopic (exact) mass is 281 g/mol. The van der Waals surface area contributed by atoms with E-state index in [2.05, 4.69) is 10.3 Å². The van der Waals surface area contributed by atoms with Crippen LogP contribution < -0.4 is 4.74 Å². The first-order valence-electron chi connectivity index (χ1n) is 5.58. The van der Waals surface area contributed by atoms with Gasteiger partial charge < -0.3 is 9.84 Å². The van der Waals surface area contributed by atoms with Crippen LogP contribution in [0.4, 0.5) is 0 Å². The van der Waals surface area contributed by atoms with Crippen LogP contribution in [0.1, 0.15) is 16.1 Å². The molecule has 1 N–H and O–H groups in total. The van der Waals surface area contributed by atoms with Crippen LogP contribution in [0.5, 0.6) is 5.75 Å². The highest BCUT2D eigenvalue weighted by Crippen LogP contribution is 2.24. The van der Waals surface area contributed by atoms with Crippen molar-refractivity contribution in [2.24, 2.45) is 0 Å². The van der Waals surface area contributed by atoms with Crippen LogP contribution in [0.3, 0.4) is 0 Å². The molecule has 2 aromatic rings. The van der Waals surface area contributed by atoms with Crippen molar-refractivity contribution in [3.05, 3.63) is 40.7 Å². The predicted octanol–water partition coefficient (Wildman–Crippen LogP) is 2.02. The molecule has 0 unspecified atom stereocenters. The summed E-state index contributed by atoms with van der Waals surface area (Å²) in [5, 5.41) is 16.4. The number of rotatable bonds is 5. The largest absolute Gasteiger partial charge is 0.490 e. The fraction of sp³-hybridized carbons (Fsp3) is 0.250. The number of halogens is 1. The van der Waals surface area contributed by atoms with Crippen LogP contribution in [0.15, 0.2) is 24.4 Å². The summed E-state index contributed by atoms with van der Waals surface area (Å²) in [7, 11) is 0. The van der Waals surface area contributed by atoms with Crippen LogP contribution >= 0.6 is 11.6 Å². The third-order valence-electron chi connectivity index (χ3n) is 2.42. The van der Waals surface area contributed by atoms with Crippen molar-refractivity contribution in [2.45, 2.75) is 13.5 Å². The van der Waals surface area contributed by atoms with Gasteiger partial charge in [0.2, 0.25) is 0 Å². The van der Waals surface area contributed by atoms with Gasteiger partial charge in [-0.1, -0.05) is 22.9 Å². The minimum Gasteiger partial charge on any atom is -0.490 e. The summed E-state index contributed by atoms with van der Waals surface area (Å²) in [6, 6.07) is 5.51. The molecule has 0 saturated carbocycles. The Kier molecular flexibility index (Phi) is 4.01. The highest BCUT2D eigenvalue weighted by molar-refractivity contribution is 6.32. The number of benzene rings is 1. The first-order valence-corrected chi connectivity index (χ1v) is 5.96. The van der Waals surface area contributed by atoms with Gasteiger partial charge in [0.1, 0.15) is 12.4 Å². The molecule has 1 aromatic heterocycles. The maximum Gasteiger partial charge on any atom is 0.358 e. The second-order valence-electron chi connectivity index (χ2n) is 3.95. The summed E-state index contributed by atoms with van der Waals surface area (Å²) in [4.78, 5) is 10.6. The number of hydrogen-bond donors (Lipinski definition) is 1. The topological polar surface area (TPSA) is 77.2 Å². The molecule has 2 rings (SSSR count). The normalized spacial score (nSPS) is 10.4. The van der Waals surface area contributed by atoms with Crippen molar-refractivity contribution in [1.82, 2.24) is 15.0 Å². The third kappa shape index (κ3) is 3.45. The molecule has 0 radical (unpaired) electrons. The van der Waals surface area contributed by atoms with E-state index >= 15 is 0 Å². The molecule has 1 heterocycles. The number of nitrogens with zero attached hydrogens (tertiary/aromatic N) is 3. The minimum atomic E-state index is -1.10. The Labute approximate surface area is 114 Å². The quantitative estimate of drug-likeness (QED) is 0.907. The van der Waals surface area contributed by atoms with Crippen LogP contribution in [-0.4, -0.2) is 32.7 Å². The molecule has 0 fully saturated rings. The van der Waals surface area contributed by atoms with Crippen LogP contribution in [0.25, 0.3) is 0 Å². The number of aromatic nitrogens is 3. The molecule has 0 aliphatic carbocycles. The fourth-order valence-corrected chi connectivity index (χ4v) is 1.77. The average molecular weight is 282 g/mol. The second-order valence-corrected chi connectivity index (χ2v) is 4.36. The van der Waals surface area contributed by atoms with Gasteiger partial charge in [0.05, 0.1) is 17.8 Å². The molecule has 6 nitrogen and oxygen atoms in total. The van der Waals surface area contributed by atoms with Crippen molar-refractivity contribution in [3.8, 4) is 5.75 Å². The van der Waals surface area contributed by atoms with E-state index in [9.17, 15) is 4.79 Å². The van der Waals surface area contributed by atoms with E-state index in [4.69, 9.17) is 21.4 Å². The van der Waals surface area contributed by atoms with E-state index in [1.54, 1.807) is 6.07 Å². The highest BCUT2D eigenvalue weighted by Gasteiger charge is 2.08. The Hall–Kier alpha value is -2.08. The van der Waals surface area contributed by atoms with Gasteiger partial charge in [0, 0.05) is 0 Å². The molecular weight excluding hydrogens is 270 g/mol. The van der Waals surface area contributed by atoms with Gasteiger partial charge in [-0.15, -0.1) is 5.10 Å². The maximum atomic E-state index is 10.6. The number of ether oxygens (including phenoxy) is 1. The standard InChI is InChI=1S/C12H12ClN3O3/c1-8-2-3-11(9(13)6-8)19-5-4-16-7-10(12(17)18)14-15-16/h2-3,6-7H,4-5H2,1H3,(H,17,18). The Morgan fingerprint density at radius 3 is 2.95 bits per heavy atom. The number of aromatic carboxylic acids is 1. The first-order chi connectivity index (χ1) is 9.06. The van der Waals surface area contributed by atoms with E-state index in [1.807, 2.05) is 19.1 Å². The lowest BCUT2D eigenvalue weighted by Crippen LogP contribution is -2.09. The lowest BCUT2D eigenvalue weighted by Gasteiger charge is -2.08. The first kappa shape index (κ1) is 13.4. The molecule has 0 spiro atoms. The Balaban J connectivity index is 1.90. The molecule has 0 amide bonds. The van der Waals surface area contributed by atoms with Crippen LogP contribution in [-0.2, 0) is 6.54 Å². The molecule has 0 bridgehead atoms. The van der Waals surface area contributed by atoms with Gasteiger partial charge in [0.25, 0.3) is 0 Å². The Morgan fingerprint density at radius 2 is 2.32 bits per heavy atom. The predicted molar refractivity (Wildman–Crippen MR) is 68.7 cm³/mol. The molecule has 1 aromatic carbocycles. The molecule has 0 aliphatic rings. The molecule has 7 heteroatoms. The molecule has 0 saturated heterocycles. The van der Waals surface area contributed by atoms with E-state index in [-0.39, 0.29) is 5.69 Å². The Morgan fingerprint density at radius 1 is 1.53 bits per heavy atom. The average Bonchev–Trinajstić information content (AvgIpc) is 2.81. The molecule has 100 valence electrons. The zero-order chi connectivity index (χ0) is 13.8. The van der Waals surface area contributed by atoms with Crippen LogP contribution in [0, 0.1) is 6.92 Å². The molecule has 0 aliphatic heterocycles. The summed E-state index contributed by atoms with van der Waals surface area (Å²) >= 11 is 6.02. The Bertz CT molecular complexity index is 598. The second kappa shape index (κ2) is 5.71. The van der Waals surface area contributed by atoms with Gasteiger partial charge >= 0.3 is 5.97 Å². The number of carbonyl (C=O) groups is 1. The van der Waals surface area contributed by atoms with Gasteiger partial charge in [-0.05, 0) is 24.6 Å². The van der Waals surface area contributed by atoms with Crippen molar-refractivity contribution >= 4 is 17.6 Å². The third-order valence-corrected chi connectivity index (χ3v) is 2.72. The fourth-order valence-electron chi connectivity index (χ4n) is 1.48. The molecular formula is C12H12ClN3O3. The summed E-state index contributed by atoms with van der Waals surface area (Å²) in [6.07, 6.45) is 1.35. The smallest absolute Gasteiger partial charge is 0.358 e. The van der Waals surface area contributed by atoms with E-state index in [0.717, 1.165) is 5.56 Å². The van der Waals surface area contributed by atoms with E-state index in [1.165, 1.54) is 10.9 Å². The van der Waals surface area contributed by atoms with Crippen LogP contribution in [0.2, 0.25) is 5.02 Å². The number of carboxylic acids is 1. The lowest BCUT2D eigenvalue weighted by atomic mass is 10.2.